The fraction of sp³-hybridized carbons (Fsp3) is 0.727. The molecular formula is C22H39NO3Si. The third-order valence-corrected chi connectivity index (χ3v) is 12.4. The molecule has 1 aromatic carbocycles. The lowest BCUT2D eigenvalue weighted by Gasteiger charge is -2.44. The second kappa shape index (κ2) is 8.97. The molecule has 0 fully saturated rings. The fourth-order valence-electron chi connectivity index (χ4n) is 5.22. The predicted octanol–water partition coefficient (Wildman–Crippen LogP) is 5.47. The summed E-state index contributed by atoms with van der Waals surface area (Å²) in [5.41, 5.74) is 4.36. The summed E-state index contributed by atoms with van der Waals surface area (Å²) in [6, 6.07) is 4.67. The van der Waals surface area contributed by atoms with Crippen LogP contribution in [-0.2, 0) is 10.8 Å². The zero-order valence-corrected chi connectivity index (χ0v) is 19.7. The van der Waals surface area contributed by atoms with E-state index in [0.717, 1.165) is 24.5 Å². The highest BCUT2D eigenvalue weighted by Crippen LogP contribution is 2.43. The summed E-state index contributed by atoms with van der Waals surface area (Å²) in [5.74, 6) is 1.76. The fourth-order valence-corrected chi connectivity index (χ4v) is 10.7. The Morgan fingerprint density at radius 3 is 2.07 bits per heavy atom. The first-order chi connectivity index (χ1) is 12.7. The Labute approximate surface area is 167 Å². The number of fused-ring (bicyclic) bond motifs is 1. The van der Waals surface area contributed by atoms with Gasteiger partial charge in [0.1, 0.15) is 11.5 Å². The molecule has 0 spiro atoms. The smallest absolute Gasteiger partial charge is 0.200 e. The number of hydrogen-bond acceptors (Lipinski definition) is 4. The van der Waals surface area contributed by atoms with Crippen LogP contribution in [0.1, 0.15) is 65.6 Å². The van der Waals surface area contributed by atoms with Crippen LogP contribution in [0.5, 0.6) is 11.5 Å². The molecule has 0 aliphatic carbocycles. The zero-order chi connectivity index (χ0) is 20.4. The highest BCUT2D eigenvalue weighted by Gasteiger charge is 2.45. The molecule has 0 saturated carbocycles. The first-order valence-electron chi connectivity index (χ1n) is 10.3. The van der Waals surface area contributed by atoms with Crippen molar-refractivity contribution in [3.05, 3.63) is 23.3 Å². The Bertz CT molecular complexity index is 608. The molecule has 5 heteroatoms. The van der Waals surface area contributed by atoms with E-state index in [1.54, 1.807) is 14.2 Å². The summed E-state index contributed by atoms with van der Waals surface area (Å²) in [6.45, 7) is 17.0. The van der Waals surface area contributed by atoms with Gasteiger partial charge in [0.2, 0.25) is 0 Å². The summed E-state index contributed by atoms with van der Waals surface area (Å²) in [4.78, 5) is 0. The summed E-state index contributed by atoms with van der Waals surface area (Å²) in [7, 11) is 1.59. The monoisotopic (exact) mass is 393 g/mol. The van der Waals surface area contributed by atoms with Crippen molar-refractivity contribution < 1.29 is 13.9 Å². The third kappa shape index (κ3) is 4.35. The summed E-state index contributed by atoms with van der Waals surface area (Å²) in [6.07, 6.45) is 0.937. The molecule has 0 amide bonds. The average molecular weight is 394 g/mol. The molecule has 1 aliphatic heterocycles. The number of ether oxygens (including phenoxy) is 2. The second-order valence-electron chi connectivity index (χ2n) is 8.82. The van der Waals surface area contributed by atoms with Gasteiger partial charge in [-0.1, -0.05) is 41.5 Å². The minimum Gasteiger partial charge on any atom is -0.497 e. The SMILES string of the molecule is COc1cc2c(c(OC)c1)[C@@H](C)N[C@H](CO[Si](C(C)C)(C(C)C)C(C)C)C2. The number of benzene rings is 1. The Hall–Kier alpha value is -1.04. The minimum absolute atomic E-state index is 0.233. The molecule has 0 aromatic heterocycles. The van der Waals surface area contributed by atoms with Gasteiger partial charge in [0.25, 0.3) is 0 Å². The quantitative estimate of drug-likeness (QED) is 0.594. The molecule has 27 heavy (non-hydrogen) atoms. The maximum absolute atomic E-state index is 6.84. The number of methoxy groups -OCH3 is 2. The first-order valence-corrected chi connectivity index (χ1v) is 12.5. The van der Waals surface area contributed by atoms with Gasteiger partial charge in [-0.05, 0) is 41.6 Å². The third-order valence-electron chi connectivity index (χ3n) is 6.28. The van der Waals surface area contributed by atoms with Crippen LogP contribution in [0.25, 0.3) is 0 Å². The van der Waals surface area contributed by atoms with Crippen LogP contribution in [0, 0.1) is 0 Å². The molecule has 1 aromatic rings. The van der Waals surface area contributed by atoms with E-state index in [1.165, 1.54) is 11.1 Å². The molecule has 0 unspecified atom stereocenters. The lowest BCUT2D eigenvalue weighted by Crippen LogP contribution is -2.51. The normalized spacial score (nSPS) is 20.3. The maximum Gasteiger partial charge on any atom is 0.200 e. The highest BCUT2D eigenvalue weighted by atomic mass is 28.4. The van der Waals surface area contributed by atoms with E-state index >= 15 is 0 Å². The van der Waals surface area contributed by atoms with Crippen LogP contribution < -0.4 is 14.8 Å². The van der Waals surface area contributed by atoms with E-state index < -0.39 is 8.32 Å². The summed E-state index contributed by atoms with van der Waals surface area (Å²) < 4.78 is 17.9. The Kier molecular flexibility index (Phi) is 7.39. The van der Waals surface area contributed by atoms with Gasteiger partial charge in [0, 0.05) is 30.3 Å². The lowest BCUT2D eigenvalue weighted by atomic mass is 9.90. The van der Waals surface area contributed by atoms with Crippen LogP contribution in [-0.4, -0.2) is 35.2 Å². The molecular weight excluding hydrogens is 354 g/mol. The second-order valence-corrected chi connectivity index (χ2v) is 14.3. The Morgan fingerprint density at radius 2 is 1.59 bits per heavy atom. The van der Waals surface area contributed by atoms with Gasteiger partial charge >= 0.3 is 0 Å². The van der Waals surface area contributed by atoms with Crippen LogP contribution >= 0.6 is 0 Å². The van der Waals surface area contributed by atoms with E-state index in [1.807, 2.05) is 6.07 Å². The van der Waals surface area contributed by atoms with E-state index in [2.05, 4.69) is 59.8 Å². The topological polar surface area (TPSA) is 39.7 Å². The molecule has 1 heterocycles. The van der Waals surface area contributed by atoms with Crippen LogP contribution in [0.3, 0.4) is 0 Å². The number of rotatable bonds is 8. The van der Waals surface area contributed by atoms with Crippen LogP contribution in [0.15, 0.2) is 12.1 Å². The lowest BCUT2D eigenvalue weighted by molar-refractivity contribution is 0.218. The van der Waals surface area contributed by atoms with Gasteiger partial charge in [-0.25, -0.2) is 0 Å². The Morgan fingerprint density at radius 1 is 1.00 bits per heavy atom. The summed E-state index contributed by atoms with van der Waals surface area (Å²) >= 11 is 0. The van der Waals surface area contributed by atoms with E-state index in [4.69, 9.17) is 13.9 Å². The standard InChI is InChI=1S/C22H39NO3Si/c1-14(2)27(15(3)4,16(5)6)26-13-19-10-18-11-20(24-8)12-21(25-9)22(18)17(7)23-19/h11-12,14-17,19,23H,10,13H2,1-9H3/t17-,19+/m1/s1. The first kappa shape index (κ1) is 22.2. The van der Waals surface area contributed by atoms with Crippen molar-refractivity contribution in [3.63, 3.8) is 0 Å². The van der Waals surface area contributed by atoms with Crippen LogP contribution in [0.2, 0.25) is 16.6 Å². The molecule has 0 radical (unpaired) electrons. The number of nitrogens with one attached hydrogen (secondary N) is 1. The Balaban J connectivity index is 2.23. The predicted molar refractivity (Wildman–Crippen MR) is 116 cm³/mol. The van der Waals surface area contributed by atoms with E-state index in [-0.39, 0.29) is 6.04 Å². The van der Waals surface area contributed by atoms with Crippen molar-refractivity contribution in [1.82, 2.24) is 5.32 Å². The highest BCUT2D eigenvalue weighted by molar-refractivity contribution is 6.77. The van der Waals surface area contributed by atoms with Crippen molar-refractivity contribution in [2.75, 3.05) is 20.8 Å². The molecule has 2 atom stereocenters. The van der Waals surface area contributed by atoms with Gasteiger partial charge < -0.3 is 19.2 Å². The molecule has 0 bridgehead atoms. The number of hydrogen-bond donors (Lipinski definition) is 1. The van der Waals surface area contributed by atoms with Gasteiger partial charge in [0.05, 0.1) is 14.2 Å². The van der Waals surface area contributed by atoms with Crippen molar-refractivity contribution in [3.8, 4) is 11.5 Å². The van der Waals surface area contributed by atoms with Gasteiger partial charge in [-0.3, -0.25) is 0 Å². The van der Waals surface area contributed by atoms with Crippen molar-refractivity contribution in [1.29, 1.82) is 0 Å². The molecule has 1 aliphatic rings. The zero-order valence-electron chi connectivity index (χ0n) is 18.7. The van der Waals surface area contributed by atoms with E-state index in [9.17, 15) is 0 Å². The molecule has 154 valence electrons. The minimum atomic E-state index is -1.85. The summed E-state index contributed by atoms with van der Waals surface area (Å²) in [5, 5.41) is 3.75. The largest absolute Gasteiger partial charge is 0.497 e. The van der Waals surface area contributed by atoms with Crippen molar-refractivity contribution >= 4 is 8.32 Å². The van der Waals surface area contributed by atoms with Crippen LogP contribution in [0.4, 0.5) is 0 Å². The van der Waals surface area contributed by atoms with Crippen molar-refractivity contribution in [2.45, 2.75) is 83.6 Å². The van der Waals surface area contributed by atoms with Gasteiger partial charge in [-0.15, -0.1) is 0 Å². The van der Waals surface area contributed by atoms with Crippen molar-refractivity contribution in [2.24, 2.45) is 0 Å². The van der Waals surface area contributed by atoms with Gasteiger partial charge in [-0.2, -0.15) is 0 Å². The van der Waals surface area contributed by atoms with Gasteiger partial charge in [0.15, 0.2) is 8.32 Å². The molecule has 4 nitrogen and oxygen atoms in total. The molecule has 2 rings (SSSR count). The maximum atomic E-state index is 6.84. The molecule has 0 saturated heterocycles. The molecule has 1 N–H and O–H groups in total. The van der Waals surface area contributed by atoms with E-state index in [0.29, 0.717) is 22.7 Å². The average Bonchev–Trinajstić information content (AvgIpc) is 2.60.